The zero-order chi connectivity index (χ0) is 27.2. The molecular weight excluding hydrogens is 498 g/mol. The van der Waals surface area contributed by atoms with Gasteiger partial charge in [0.25, 0.3) is 0 Å². The molecule has 5 aromatic rings. The number of piperidine rings is 1. The van der Waals surface area contributed by atoms with Crippen molar-refractivity contribution in [2.75, 3.05) is 24.5 Å². The second-order valence-electron chi connectivity index (χ2n) is 10.5. The number of rotatable bonds is 6. The summed E-state index contributed by atoms with van der Waals surface area (Å²) in [5, 5.41) is 18.5. The van der Waals surface area contributed by atoms with E-state index < -0.39 is 0 Å². The Kier molecular flexibility index (Phi) is 5.80. The number of anilines is 1. The molecule has 2 atom stereocenters. The van der Waals surface area contributed by atoms with E-state index in [0.29, 0.717) is 17.6 Å². The van der Waals surface area contributed by atoms with Crippen LogP contribution in [0.3, 0.4) is 0 Å². The Hall–Kier alpha value is -4.99. The molecule has 0 aromatic carbocycles. The summed E-state index contributed by atoms with van der Waals surface area (Å²) >= 11 is 0. The van der Waals surface area contributed by atoms with Gasteiger partial charge in [0.15, 0.2) is 0 Å². The van der Waals surface area contributed by atoms with Crippen LogP contribution in [-0.4, -0.2) is 66.0 Å². The molecule has 0 amide bonds. The Balaban J connectivity index is 1.09. The molecule has 3 aliphatic rings. The SMILES string of the molecule is C#Cc1ccc(CCN2C3CC2CN(c2ccc(-c4cc(-c5cnn(C)c5)cn5ncc(C#N)c45)cn2)C3)nc1. The summed E-state index contributed by atoms with van der Waals surface area (Å²) in [4.78, 5) is 14.4. The van der Waals surface area contributed by atoms with Gasteiger partial charge >= 0.3 is 0 Å². The van der Waals surface area contributed by atoms with Crippen LogP contribution >= 0.6 is 0 Å². The second-order valence-corrected chi connectivity index (χ2v) is 10.5. The van der Waals surface area contributed by atoms with Crippen molar-refractivity contribution in [3.63, 3.8) is 0 Å². The van der Waals surface area contributed by atoms with Gasteiger partial charge in [-0.3, -0.25) is 14.6 Å². The molecule has 3 saturated heterocycles. The van der Waals surface area contributed by atoms with Gasteiger partial charge in [-0.2, -0.15) is 15.5 Å². The lowest BCUT2D eigenvalue weighted by molar-refractivity contribution is 0.000137. The third-order valence-electron chi connectivity index (χ3n) is 8.12. The van der Waals surface area contributed by atoms with Crippen LogP contribution in [0.15, 0.2) is 67.5 Å². The maximum Gasteiger partial charge on any atom is 0.128 e. The first-order chi connectivity index (χ1) is 19.6. The van der Waals surface area contributed by atoms with Gasteiger partial charge in [0.1, 0.15) is 11.9 Å². The molecule has 196 valence electrons. The summed E-state index contributed by atoms with van der Waals surface area (Å²) < 4.78 is 3.55. The van der Waals surface area contributed by atoms with Crippen LogP contribution in [0, 0.1) is 23.7 Å². The molecule has 5 aromatic heterocycles. The molecule has 8 heterocycles. The van der Waals surface area contributed by atoms with E-state index in [9.17, 15) is 5.26 Å². The van der Waals surface area contributed by atoms with Crippen LogP contribution < -0.4 is 4.90 Å². The fourth-order valence-electron chi connectivity index (χ4n) is 6.02. The minimum absolute atomic E-state index is 0.533. The van der Waals surface area contributed by atoms with E-state index in [0.717, 1.165) is 70.9 Å². The summed E-state index contributed by atoms with van der Waals surface area (Å²) in [6, 6.07) is 13.6. The Morgan fingerprint density at radius 2 is 1.82 bits per heavy atom. The summed E-state index contributed by atoms with van der Waals surface area (Å²) in [5.74, 6) is 3.61. The average molecular weight is 526 g/mol. The summed E-state index contributed by atoms with van der Waals surface area (Å²) in [5.41, 5.74) is 7.05. The van der Waals surface area contributed by atoms with Gasteiger partial charge in [0, 0.05) is 103 Å². The largest absolute Gasteiger partial charge is 0.353 e. The van der Waals surface area contributed by atoms with Crippen molar-refractivity contribution >= 4 is 11.3 Å². The third-order valence-corrected chi connectivity index (χ3v) is 8.12. The summed E-state index contributed by atoms with van der Waals surface area (Å²) in [6.45, 7) is 2.94. The molecule has 0 radical (unpaired) electrons. The third kappa shape index (κ3) is 4.17. The number of piperazine rings is 1. The van der Waals surface area contributed by atoms with Crippen LogP contribution in [0.2, 0.25) is 0 Å². The van der Waals surface area contributed by atoms with Gasteiger partial charge in [-0.25, -0.2) is 9.50 Å². The number of nitriles is 1. The van der Waals surface area contributed by atoms with Gasteiger partial charge in [-0.15, -0.1) is 6.42 Å². The van der Waals surface area contributed by atoms with E-state index in [2.05, 4.69) is 55.2 Å². The molecule has 9 heteroatoms. The Labute approximate surface area is 232 Å². The molecule has 2 bridgehead atoms. The smallest absolute Gasteiger partial charge is 0.128 e. The van der Waals surface area contributed by atoms with Crippen LogP contribution in [0.25, 0.3) is 27.8 Å². The maximum absolute atomic E-state index is 9.72. The molecule has 0 spiro atoms. The van der Waals surface area contributed by atoms with Crippen molar-refractivity contribution in [2.24, 2.45) is 7.05 Å². The highest BCUT2D eigenvalue weighted by atomic mass is 15.4. The van der Waals surface area contributed by atoms with E-state index in [1.165, 1.54) is 6.42 Å². The zero-order valence-electron chi connectivity index (χ0n) is 22.1. The number of aromatic nitrogens is 6. The molecule has 40 heavy (non-hydrogen) atoms. The van der Waals surface area contributed by atoms with E-state index >= 15 is 0 Å². The van der Waals surface area contributed by atoms with Crippen molar-refractivity contribution in [2.45, 2.75) is 24.9 Å². The number of hydrogen-bond acceptors (Lipinski definition) is 7. The Morgan fingerprint density at radius 3 is 2.50 bits per heavy atom. The van der Waals surface area contributed by atoms with E-state index in [1.54, 1.807) is 21.6 Å². The van der Waals surface area contributed by atoms with E-state index in [4.69, 9.17) is 11.4 Å². The summed E-state index contributed by atoms with van der Waals surface area (Å²) in [7, 11) is 1.90. The molecule has 3 aliphatic heterocycles. The predicted molar refractivity (Wildman–Crippen MR) is 152 cm³/mol. The fourth-order valence-corrected chi connectivity index (χ4v) is 6.02. The van der Waals surface area contributed by atoms with E-state index in [1.807, 2.05) is 44.0 Å². The topological polar surface area (TPSA) is 91.2 Å². The Bertz CT molecular complexity index is 1770. The number of aryl methyl sites for hydroxylation is 1. The average Bonchev–Trinajstić information content (AvgIpc) is 3.63. The number of terminal acetylenes is 1. The van der Waals surface area contributed by atoms with Crippen molar-refractivity contribution in [1.29, 1.82) is 5.26 Å². The van der Waals surface area contributed by atoms with Gasteiger partial charge in [-0.05, 0) is 36.8 Å². The quantitative estimate of drug-likeness (QED) is 0.313. The number of nitrogens with zero attached hydrogens (tertiary/aromatic N) is 9. The lowest BCUT2D eigenvalue weighted by atomic mass is 9.87. The molecule has 2 unspecified atom stereocenters. The predicted octanol–water partition coefficient (Wildman–Crippen LogP) is 3.55. The zero-order valence-corrected chi connectivity index (χ0v) is 22.1. The minimum atomic E-state index is 0.533. The van der Waals surface area contributed by atoms with Crippen molar-refractivity contribution in [3.05, 3.63) is 84.3 Å². The first kappa shape index (κ1) is 24.1. The van der Waals surface area contributed by atoms with Gasteiger partial charge in [-0.1, -0.05) is 5.92 Å². The second kappa shape index (κ2) is 9.64. The fraction of sp³-hybridized carbons (Fsp3) is 0.258. The van der Waals surface area contributed by atoms with Gasteiger partial charge < -0.3 is 4.90 Å². The lowest BCUT2D eigenvalue weighted by Gasteiger charge is -2.56. The standard InChI is InChI=1S/C31H27N9/c1-3-21-4-6-26(33-13-21)8-9-39-27-11-28(39)20-38(19-27)30-7-5-22(14-34-30)29-10-23(25-16-35-37(2)17-25)18-40-31(29)24(12-32)15-36-40/h1,4-7,10,13-18,27-28H,8-9,11,19-20H2,2H3. The Morgan fingerprint density at radius 1 is 0.950 bits per heavy atom. The van der Waals surface area contributed by atoms with Crippen molar-refractivity contribution < 1.29 is 0 Å². The van der Waals surface area contributed by atoms with Crippen LogP contribution in [0.1, 0.15) is 23.2 Å². The summed E-state index contributed by atoms with van der Waals surface area (Å²) in [6.07, 6.45) is 18.6. The van der Waals surface area contributed by atoms with E-state index in [-0.39, 0.29) is 0 Å². The monoisotopic (exact) mass is 525 g/mol. The van der Waals surface area contributed by atoms with Gasteiger partial charge in [0.05, 0.1) is 23.5 Å². The molecule has 8 rings (SSSR count). The molecule has 0 aliphatic carbocycles. The first-order valence-electron chi connectivity index (χ1n) is 13.4. The molecule has 9 nitrogen and oxygen atoms in total. The highest BCUT2D eigenvalue weighted by Crippen LogP contribution is 2.36. The normalized spacial score (nSPS) is 18.3. The van der Waals surface area contributed by atoms with Gasteiger partial charge in [0.2, 0.25) is 0 Å². The van der Waals surface area contributed by atoms with Crippen LogP contribution in [0.5, 0.6) is 0 Å². The molecular formula is C31H27N9. The molecule has 0 N–H and O–H groups in total. The lowest BCUT2D eigenvalue weighted by Crippen LogP contribution is -2.69. The van der Waals surface area contributed by atoms with Crippen LogP contribution in [-0.2, 0) is 13.5 Å². The highest BCUT2D eigenvalue weighted by Gasteiger charge is 2.44. The number of fused-ring (bicyclic) bond motifs is 3. The van der Waals surface area contributed by atoms with Crippen molar-refractivity contribution in [1.82, 2.24) is 34.3 Å². The minimum Gasteiger partial charge on any atom is -0.353 e. The highest BCUT2D eigenvalue weighted by molar-refractivity contribution is 5.87. The first-order valence-corrected chi connectivity index (χ1v) is 13.4. The molecule has 0 saturated carbocycles. The molecule has 3 fully saturated rings. The van der Waals surface area contributed by atoms with Crippen molar-refractivity contribution in [3.8, 4) is 40.7 Å². The maximum atomic E-state index is 9.72. The number of hydrogen-bond donors (Lipinski definition) is 0. The number of pyridine rings is 3. The van der Waals surface area contributed by atoms with Crippen LogP contribution in [0.4, 0.5) is 5.82 Å².